The highest BCUT2D eigenvalue weighted by molar-refractivity contribution is 8.00. The first-order valence-corrected chi connectivity index (χ1v) is 9.06. The highest BCUT2D eigenvalue weighted by atomic mass is 32.2. The van der Waals surface area contributed by atoms with Gasteiger partial charge in [-0.05, 0) is 62.1 Å². The van der Waals surface area contributed by atoms with Gasteiger partial charge in [-0.25, -0.2) is 0 Å². The van der Waals surface area contributed by atoms with Crippen LogP contribution in [0.15, 0.2) is 29.2 Å². The van der Waals surface area contributed by atoms with Gasteiger partial charge in [-0.3, -0.25) is 0 Å². The van der Waals surface area contributed by atoms with E-state index in [4.69, 9.17) is 0 Å². The van der Waals surface area contributed by atoms with Crippen molar-refractivity contribution < 1.29 is 0 Å². The number of hydrogen-bond donors (Lipinski definition) is 1. The minimum atomic E-state index is 0.803. The van der Waals surface area contributed by atoms with E-state index in [1.807, 2.05) is 0 Å². The van der Waals surface area contributed by atoms with E-state index in [1.54, 1.807) is 5.56 Å². The van der Waals surface area contributed by atoms with Crippen LogP contribution in [-0.4, -0.2) is 17.8 Å². The molecule has 110 valence electrons. The highest BCUT2D eigenvalue weighted by Crippen LogP contribution is 2.40. The van der Waals surface area contributed by atoms with Crippen LogP contribution in [0, 0.1) is 11.8 Å². The smallest absolute Gasteiger partial charge is 0.0138 e. The molecule has 1 aliphatic heterocycles. The fourth-order valence-corrected chi connectivity index (χ4v) is 4.76. The molecule has 3 rings (SSSR count). The van der Waals surface area contributed by atoms with Crippen molar-refractivity contribution in [1.82, 2.24) is 5.32 Å². The summed E-state index contributed by atoms with van der Waals surface area (Å²) >= 11 is 2.11. The first kappa shape index (κ1) is 14.5. The lowest BCUT2D eigenvalue weighted by Gasteiger charge is -2.22. The van der Waals surface area contributed by atoms with Gasteiger partial charge >= 0.3 is 0 Å². The molecule has 1 aromatic carbocycles. The third-order valence-electron chi connectivity index (χ3n) is 4.39. The van der Waals surface area contributed by atoms with Crippen molar-refractivity contribution in [2.75, 3.05) is 6.54 Å². The number of rotatable bonds is 7. The van der Waals surface area contributed by atoms with Crippen molar-refractivity contribution in [1.29, 1.82) is 0 Å². The standard InChI is InChI=1S/C18H27NS/c1-13(2)9-14(12-19-16-7-8-16)10-17-11-15-5-3-4-6-18(15)20-17/h3-6,13-14,16-17,19H,7-12H2,1-2H3. The van der Waals surface area contributed by atoms with E-state index in [-0.39, 0.29) is 0 Å². The van der Waals surface area contributed by atoms with Crippen LogP contribution in [0.3, 0.4) is 0 Å². The normalized spacial score (nSPS) is 23.1. The predicted octanol–water partition coefficient (Wildman–Crippen LogP) is 4.51. The third kappa shape index (κ3) is 4.02. The maximum atomic E-state index is 3.75. The van der Waals surface area contributed by atoms with Gasteiger partial charge in [0.05, 0.1) is 0 Å². The van der Waals surface area contributed by atoms with Crippen molar-refractivity contribution in [2.24, 2.45) is 11.8 Å². The lowest BCUT2D eigenvalue weighted by Crippen LogP contribution is -2.27. The zero-order valence-electron chi connectivity index (χ0n) is 12.8. The summed E-state index contributed by atoms with van der Waals surface area (Å²) in [5, 5.41) is 4.55. The summed E-state index contributed by atoms with van der Waals surface area (Å²) in [5.74, 6) is 1.66. The summed E-state index contributed by atoms with van der Waals surface area (Å²) in [6, 6.07) is 9.80. The topological polar surface area (TPSA) is 12.0 Å². The predicted molar refractivity (Wildman–Crippen MR) is 88.4 cm³/mol. The molecule has 0 radical (unpaired) electrons. The number of hydrogen-bond acceptors (Lipinski definition) is 2. The van der Waals surface area contributed by atoms with Crippen molar-refractivity contribution in [3.05, 3.63) is 29.8 Å². The van der Waals surface area contributed by atoms with Gasteiger partial charge in [0.25, 0.3) is 0 Å². The van der Waals surface area contributed by atoms with Gasteiger partial charge in [0, 0.05) is 16.2 Å². The molecule has 2 atom stereocenters. The molecule has 0 saturated heterocycles. The number of fused-ring (bicyclic) bond motifs is 1. The minimum Gasteiger partial charge on any atom is -0.314 e. The largest absolute Gasteiger partial charge is 0.314 e. The molecule has 1 fully saturated rings. The Morgan fingerprint density at radius 2 is 2.05 bits per heavy atom. The molecule has 0 spiro atoms. The van der Waals surface area contributed by atoms with Gasteiger partial charge in [-0.1, -0.05) is 32.0 Å². The molecule has 2 heteroatoms. The fourth-order valence-electron chi connectivity index (χ4n) is 3.31. The summed E-state index contributed by atoms with van der Waals surface area (Å²) in [5.41, 5.74) is 1.57. The fraction of sp³-hybridized carbons (Fsp3) is 0.667. The molecule has 1 nitrogen and oxygen atoms in total. The Labute approximate surface area is 127 Å². The second-order valence-electron chi connectivity index (χ2n) is 6.97. The molecule has 1 aromatic rings. The zero-order valence-corrected chi connectivity index (χ0v) is 13.6. The Morgan fingerprint density at radius 1 is 1.25 bits per heavy atom. The van der Waals surface area contributed by atoms with Gasteiger partial charge in [0.1, 0.15) is 0 Å². The van der Waals surface area contributed by atoms with E-state index >= 15 is 0 Å². The molecule has 0 aromatic heterocycles. The molecule has 2 aliphatic rings. The summed E-state index contributed by atoms with van der Waals surface area (Å²) in [7, 11) is 0. The Kier molecular flexibility index (Phi) is 4.72. The molecule has 1 saturated carbocycles. The van der Waals surface area contributed by atoms with Crippen LogP contribution >= 0.6 is 11.8 Å². The second kappa shape index (κ2) is 6.53. The first-order chi connectivity index (χ1) is 9.70. The van der Waals surface area contributed by atoms with E-state index in [2.05, 4.69) is 55.2 Å². The lowest BCUT2D eigenvalue weighted by atomic mass is 9.91. The van der Waals surface area contributed by atoms with Crippen LogP contribution < -0.4 is 5.32 Å². The Bertz CT molecular complexity index is 414. The highest BCUT2D eigenvalue weighted by Gasteiger charge is 2.27. The molecule has 0 bridgehead atoms. The molecule has 2 unspecified atom stereocenters. The molecule has 1 heterocycles. The first-order valence-electron chi connectivity index (χ1n) is 8.18. The van der Waals surface area contributed by atoms with Gasteiger partial charge in [0.2, 0.25) is 0 Å². The van der Waals surface area contributed by atoms with Crippen LogP contribution in [0.2, 0.25) is 0 Å². The van der Waals surface area contributed by atoms with E-state index in [1.165, 1.54) is 43.5 Å². The quantitative estimate of drug-likeness (QED) is 0.792. The Morgan fingerprint density at radius 3 is 2.75 bits per heavy atom. The van der Waals surface area contributed by atoms with Crippen LogP contribution in [-0.2, 0) is 6.42 Å². The third-order valence-corrected chi connectivity index (χ3v) is 5.73. The van der Waals surface area contributed by atoms with Crippen molar-refractivity contribution in [3.63, 3.8) is 0 Å². The van der Waals surface area contributed by atoms with Crippen molar-refractivity contribution >= 4 is 11.8 Å². The second-order valence-corrected chi connectivity index (χ2v) is 8.31. The van der Waals surface area contributed by atoms with E-state index < -0.39 is 0 Å². The molecule has 1 N–H and O–H groups in total. The minimum absolute atomic E-state index is 0.803. The number of thioether (sulfide) groups is 1. The summed E-state index contributed by atoms with van der Waals surface area (Å²) in [6.07, 6.45) is 6.82. The molecule has 0 amide bonds. The summed E-state index contributed by atoms with van der Waals surface area (Å²) < 4.78 is 0. The molecular weight excluding hydrogens is 262 g/mol. The van der Waals surface area contributed by atoms with E-state index in [0.717, 1.165) is 23.1 Å². The van der Waals surface area contributed by atoms with Gasteiger partial charge in [-0.15, -0.1) is 11.8 Å². The number of benzene rings is 1. The zero-order chi connectivity index (χ0) is 13.9. The molecule has 1 aliphatic carbocycles. The van der Waals surface area contributed by atoms with Crippen molar-refractivity contribution in [2.45, 2.75) is 62.1 Å². The lowest BCUT2D eigenvalue weighted by molar-refractivity contribution is 0.362. The van der Waals surface area contributed by atoms with Crippen LogP contribution in [0.25, 0.3) is 0 Å². The van der Waals surface area contributed by atoms with Crippen LogP contribution in [0.1, 0.15) is 45.1 Å². The maximum Gasteiger partial charge on any atom is 0.0138 e. The molecule has 20 heavy (non-hydrogen) atoms. The van der Waals surface area contributed by atoms with Crippen molar-refractivity contribution in [3.8, 4) is 0 Å². The SMILES string of the molecule is CC(C)CC(CNC1CC1)CC1Cc2ccccc2S1. The van der Waals surface area contributed by atoms with Gasteiger partial charge in [-0.2, -0.15) is 0 Å². The van der Waals surface area contributed by atoms with Gasteiger partial charge in [0.15, 0.2) is 0 Å². The maximum absolute atomic E-state index is 3.75. The van der Waals surface area contributed by atoms with Crippen LogP contribution in [0.4, 0.5) is 0 Å². The average molecular weight is 289 g/mol. The summed E-state index contributed by atoms with van der Waals surface area (Å²) in [6.45, 7) is 5.96. The average Bonchev–Trinajstić information content (AvgIpc) is 3.14. The Hall–Kier alpha value is -0.470. The molecular formula is C18H27NS. The van der Waals surface area contributed by atoms with Gasteiger partial charge < -0.3 is 5.32 Å². The van der Waals surface area contributed by atoms with E-state index in [9.17, 15) is 0 Å². The Balaban J connectivity index is 1.53. The van der Waals surface area contributed by atoms with E-state index in [0.29, 0.717) is 0 Å². The number of nitrogens with one attached hydrogen (secondary N) is 1. The van der Waals surface area contributed by atoms with Crippen LogP contribution in [0.5, 0.6) is 0 Å². The summed E-state index contributed by atoms with van der Waals surface area (Å²) in [4.78, 5) is 1.52. The monoisotopic (exact) mass is 289 g/mol.